The molecule has 0 aliphatic carbocycles. The SMILES string of the molecule is N#Cc1ccc(Oc2ncncc2N)cc1F. The predicted molar refractivity (Wildman–Crippen MR) is 57.6 cm³/mol. The van der Waals surface area contributed by atoms with Gasteiger partial charge in [0.2, 0.25) is 5.88 Å². The number of halogens is 1. The average Bonchev–Trinajstić information content (AvgIpc) is 2.32. The van der Waals surface area contributed by atoms with Crippen molar-refractivity contribution in [3.8, 4) is 17.7 Å². The third-order valence-corrected chi connectivity index (χ3v) is 1.98. The van der Waals surface area contributed by atoms with Crippen LogP contribution < -0.4 is 10.5 Å². The van der Waals surface area contributed by atoms with Crippen molar-refractivity contribution in [3.63, 3.8) is 0 Å². The van der Waals surface area contributed by atoms with Crippen LogP contribution in [0, 0.1) is 17.1 Å². The smallest absolute Gasteiger partial charge is 0.245 e. The normalized spacial score (nSPS) is 9.65. The molecule has 0 spiro atoms. The number of nitrogen functional groups attached to an aromatic ring is 1. The summed E-state index contributed by atoms with van der Waals surface area (Å²) in [6.45, 7) is 0. The van der Waals surface area contributed by atoms with Gasteiger partial charge in [-0.15, -0.1) is 0 Å². The Bertz CT molecular complexity index is 594. The van der Waals surface area contributed by atoms with Crippen LogP contribution in [0.15, 0.2) is 30.7 Å². The van der Waals surface area contributed by atoms with Gasteiger partial charge >= 0.3 is 0 Å². The summed E-state index contributed by atoms with van der Waals surface area (Å²) in [6, 6.07) is 5.60. The van der Waals surface area contributed by atoms with E-state index < -0.39 is 5.82 Å². The summed E-state index contributed by atoms with van der Waals surface area (Å²) in [5.41, 5.74) is 5.77. The Hall–Kier alpha value is -2.68. The number of hydrogen-bond donors (Lipinski definition) is 1. The van der Waals surface area contributed by atoms with Gasteiger partial charge in [0.15, 0.2) is 0 Å². The molecule has 17 heavy (non-hydrogen) atoms. The van der Waals surface area contributed by atoms with Gasteiger partial charge in [0.1, 0.15) is 29.7 Å². The second-order valence-corrected chi connectivity index (χ2v) is 3.14. The van der Waals surface area contributed by atoms with Crippen LogP contribution in [0.25, 0.3) is 0 Å². The van der Waals surface area contributed by atoms with E-state index >= 15 is 0 Å². The summed E-state index contributed by atoms with van der Waals surface area (Å²) in [5, 5.41) is 8.57. The van der Waals surface area contributed by atoms with Crippen LogP contribution in [0.2, 0.25) is 0 Å². The maximum atomic E-state index is 13.3. The van der Waals surface area contributed by atoms with Crippen molar-refractivity contribution >= 4 is 5.69 Å². The highest BCUT2D eigenvalue weighted by molar-refractivity contribution is 5.47. The highest BCUT2D eigenvalue weighted by Crippen LogP contribution is 2.25. The van der Waals surface area contributed by atoms with Crippen molar-refractivity contribution in [2.75, 3.05) is 5.73 Å². The Labute approximate surface area is 96.3 Å². The first-order valence-electron chi connectivity index (χ1n) is 4.63. The minimum atomic E-state index is -0.655. The molecule has 0 aliphatic rings. The molecule has 2 N–H and O–H groups in total. The molecule has 0 radical (unpaired) electrons. The number of nitrogens with two attached hydrogens (primary N) is 1. The molecule has 6 heteroatoms. The van der Waals surface area contributed by atoms with Crippen molar-refractivity contribution in [2.45, 2.75) is 0 Å². The van der Waals surface area contributed by atoms with Crippen LogP contribution in [0.5, 0.6) is 11.6 Å². The second kappa shape index (κ2) is 4.45. The second-order valence-electron chi connectivity index (χ2n) is 3.14. The van der Waals surface area contributed by atoms with Gasteiger partial charge in [-0.2, -0.15) is 10.2 Å². The summed E-state index contributed by atoms with van der Waals surface area (Å²) in [4.78, 5) is 7.50. The van der Waals surface area contributed by atoms with E-state index in [2.05, 4.69) is 9.97 Å². The quantitative estimate of drug-likeness (QED) is 0.851. The highest BCUT2D eigenvalue weighted by Gasteiger charge is 2.07. The van der Waals surface area contributed by atoms with E-state index in [1.54, 1.807) is 6.07 Å². The first kappa shape index (κ1) is 10.8. The minimum absolute atomic E-state index is 0.0481. The third kappa shape index (κ3) is 2.29. The number of rotatable bonds is 2. The zero-order valence-electron chi connectivity index (χ0n) is 8.59. The van der Waals surface area contributed by atoms with Gasteiger partial charge in [-0.05, 0) is 12.1 Å². The summed E-state index contributed by atoms with van der Waals surface area (Å²) in [7, 11) is 0. The number of aromatic nitrogens is 2. The van der Waals surface area contributed by atoms with Crippen molar-refractivity contribution in [3.05, 3.63) is 42.1 Å². The van der Waals surface area contributed by atoms with E-state index in [1.165, 1.54) is 24.7 Å². The lowest BCUT2D eigenvalue weighted by atomic mass is 10.2. The average molecular weight is 230 g/mol. The molecule has 0 bridgehead atoms. The van der Waals surface area contributed by atoms with Crippen LogP contribution in [0.1, 0.15) is 5.56 Å². The molecule has 0 saturated heterocycles. The van der Waals surface area contributed by atoms with Crippen molar-refractivity contribution in [2.24, 2.45) is 0 Å². The number of ether oxygens (including phenoxy) is 1. The summed E-state index contributed by atoms with van der Waals surface area (Å²) >= 11 is 0. The largest absolute Gasteiger partial charge is 0.437 e. The number of anilines is 1. The Morgan fingerprint density at radius 3 is 2.88 bits per heavy atom. The number of benzene rings is 1. The molecule has 0 amide bonds. The van der Waals surface area contributed by atoms with Crippen LogP contribution in [0.3, 0.4) is 0 Å². The maximum Gasteiger partial charge on any atom is 0.245 e. The molecule has 84 valence electrons. The Kier molecular flexibility index (Phi) is 2.83. The van der Waals surface area contributed by atoms with E-state index in [1.807, 2.05) is 0 Å². The lowest BCUT2D eigenvalue weighted by molar-refractivity contribution is 0.459. The first-order valence-corrected chi connectivity index (χ1v) is 4.63. The number of nitriles is 1. The molecule has 1 heterocycles. The number of nitrogens with zero attached hydrogens (tertiary/aromatic N) is 3. The summed E-state index contributed by atoms with van der Waals surface area (Å²) < 4.78 is 18.6. The van der Waals surface area contributed by atoms with Gasteiger partial charge in [-0.25, -0.2) is 9.37 Å². The van der Waals surface area contributed by atoms with Crippen LogP contribution in [-0.4, -0.2) is 9.97 Å². The summed E-state index contributed by atoms with van der Waals surface area (Å²) in [6.07, 6.45) is 2.65. The molecule has 0 aliphatic heterocycles. The van der Waals surface area contributed by atoms with Crippen LogP contribution in [0.4, 0.5) is 10.1 Å². The molecule has 0 fully saturated rings. The fraction of sp³-hybridized carbons (Fsp3) is 0. The molecule has 0 saturated carbocycles. The van der Waals surface area contributed by atoms with Gasteiger partial charge in [-0.1, -0.05) is 0 Å². The van der Waals surface area contributed by atoms with Gasteiger partial charge in [-0.3, -0.25) is 0 Å². The zero-order chi connectivity index (χ0) is 12.3. The standard InChI is InChI=1S/C11H7FN4O/c12-9-3-8(2-1-7(9)4-13)17-11-10(14)5-15-6-16-11/h1-3,5-6H,14H2. The zero-order valence-corrected chi connectivity index (χ0v) is 8.59. The van der Waals surface area contributed by atoms with Crippen LogP contribution >= 0.6 is 0 Å². The molecule has 5 nitrogen and oxygen atoms in total. The summed E-state index contributed by atoms with van der Waals surface area (Å²) in [5.74, 6) is -0.298. The van der Waals surface area contributed by atoms with Gasteiger partial charge in [0.05, 0.1) is 11.8 Å². The lowest BCUT2D eigenvalue weighted by Gasteiger charge is -2.06. The van der Waals surface area contributed by atoms with Crippen molar-refractivity contribution in [1.82, 2.24) is 9.97 Å². The lowest BCUT2D eigenvalue weighted by Crippen LogP contribution is -1.96. The Morgan fingerprint density at radius 1 is 1.41 bits per heavy atom. The van der Waals surface area contributed by atoms with Crippen molar-refractivity contribution in [1.29, 1.82) is 5.26 Å². The molecule has 0 atom stereocenters. The van der Waals surface area contributed by atoms with Crippen molar-refractivity contribution < 1.29 is 9.13 Å². The van der Waals surface area contributed by atoms with E-state index in [4.69, 9.17) is 15.7 Å². The monoisotopic (exact) mass is 230 g/mol. The van der Waals surface area contributed by atoms with E-state index in [-0.39, 0.29) is 22.9 Å². The Morgan fingerprint density at radius 2 is 2.24 bits per heavy atom. The fourth-order valence-electron chi connectivity index (χ4n) is 1.18. The molecular weight excluding hydrogens is 223 g/mol. The molecule has 1 aromatic carbocycles. The predicted octanol–water partition coefficient (Wildman–Crippen LogP) is 1.86. The first-order chi connectivity index (χ1) is 8.20. The van der Waals surface area contributed by atoms with Gasteiger partial charge in [0, 0.05) is 6.07 Å². The van der Waals surface area contributed by atoms with E-state index in [0.29, 0.717) is 0 Å². The molecule has 0 unspecified atom stereocenters. The van der Waals surface area contributed by atoms with E-state index in [0.717, 1.165) is 6.07 Å². The van der Waals surface area contributed by atoms with Crippen LogP contribution in [-0.2, 0) is 0 Å². The number of hydrogen-bond acceptors (Lipinski definition) is 5. The topological polar surface area (TPSA) is 84.8 Å². The highest BCUT2D eigenvalue weighted by atomic mass is 19.1. The molecule has 2 rings (SSSR count). The Balaban J connectivity index is 2.29. The van der Waals surface area contributed by atoms with E-state index in [9.17, 15) is 4.39 Å². The minimum Gasteiger partial charge on any atom is -0.437 e. The molecular formula is C11H7FN4O. The van der Waals surface area contributed by atoms with Gasteiger partial charge < -0.3 is 10.5 Å². The third-order valence-electron chi connectivity index (χ3n) is 1.98. The maximum absolute atomic E-state index is 13.3. The van der Waals surface area contributed by atoms with Gasteiger partial charge in [0.25, 0.3) is 0 Å². The molecule has 1 aromatic heterocycles. The molecule has 2 aromatic rings. The fourth-order valence-corrected chi connectivity index (χ4v) is 1.18.